The molecule has 0 atom stereocenters. The normalized spacial score (nSPS) is 13.8. The molecule has 160 valence electrons. The fourth-order valence-electron chi connectivity index (χ4n) is 3.40. The molecule has 1 saturated heterocycles. The molecule has 0 spiro atoms. The highest BCUT2D eigenvalue weighted by Crippen LogP contribution is 2.36. The van der Waals surface area contributed by atoms with E-state index in [9.17, 15) is 9.59 Å². The van der Waals surface area contributed by atoms with Gasteiger partial charge in [-0.25, -0.2) is 0 Å². The van der Waals surface area contributed by atoms with Gasteiger partial charge in [0.2, 0.25) is 5.91 Å². The number of rotatable bonds is 8. The number of nitrogens with one attached hydrogen (secondary N) is 1. The topological polar surface area (TPSA) is 67.9 Å². The van der Waals surface area contributed by atoms with Gasteiger partial charge < -0.3 is 19.7 Å². The molecular formula is C23H27ClN2O4. The van der Waals surface area contributed by atoms with Gasteiger partial charge in [0.05, 0.1) is 18.7 Å². The molecule has 1 heterocycles. The molecule has 0 aliphatic carbocycles. The van der Waals surface area contributed by atoms with E-state index in [4.69, 9.17) is 21.1 Å². The molecule has 2 amide bonds. The summed E-state index contributed by atoms with van der Waals surface area (Å²) in [4.78, 5) is 26.7. The Labute approximate surface area is 182 Å². The summed E-state index contributed by atoms with van der Waals surface area (Å²) in [7, 11) is 1.51. The van der Waals surface area contributed by atoms with Gasteiger partial charge in [-0.3, -0.25) is 9.59 Å². The first-order valence-corrected chi connectivity index (χ1v) is 10.6. The highest BCUT2D eigenvalue weighted by atomic mass is 35.5. The predicted molar refractivity (Wildman–Crippen MR) is 117 cm³/mol. The minimum absolute atomic E-state index is 0.183. The van der Waals surface area contributed by atoms with Crippen molar-refractivity contribution in [1.29, 1.82) is 0 Å². The van der Waals surface area contributed by atoms with Crippen LogP contribution in [0.2, 0.25) is 5.02 Å². The van der Waals surface area contributed by atoms with Gasteiger partial charge in [-0.1, -0.05) is 30.7 Å². The van der Waals surface area contributed by atoms with E-state index in [1.54, 1.807) is 12.1 Å². The Morgan fingerprint density at radius 1 is 1.23 bits per heavy atom. The Hall–Kier alpha value is -2.73. The summed E-state index contributed by atoms with van der Waals surface area (Å²) in [5.74, 6) is 0.732. The Kier molecular flexibility index (Phi) is 7.57. The summed E-state index contributed by atoms with van der Waals surface area (Å²) in [6.45, 7) is 3.83. The number of methoxy groups -OCH3 is 1. The van der Waals surface area contributed by atoms with Crippen molar-refractivity contribution in [2.24, 2.45) is 0 Å². The Morgan fingerprint density at radius 3 is 2.80 bits per heavy atom. The van der Waals surface area contributed by atoms with Gasteiger partial charge in [0.1, 0.15) is 0 Å². The van der Waals surface area contributed by atoms with Gasteiger partial charge in [-0.05, 0) is 49.1 Å². The second-order valence-electron chi connectivity index (χ2n) is 7.26. The van der Waals surface area contributed by atoms with Crippen LogP contribution in [-0.4, -0.2) is 37.0 Å². The number of anilines is 1. The first-order chi connectivity index (χ1) is 14.5. The maximum Gasteiger partial charge on any atom is 0.255 e. The van der Waals surface area contributed by atoms with E-state index in [1.807, 2.05) is 36.1 Å². The van der Waals surface area contributed by atoms with Crippen molar-refractivity contribution in [1.82, 2.24) is 4.90 Å². The van der Waals surface area contributed by atoms with Crippen molar-refractivity contribution in [2.45, 2.75) is 39.2 Å². The van der Waals surface area contributed by atoms with Crippen LogP contribution in [0, 0.1) is 0 Å². The van der Waals surface area contributed by atoms with Crippen molar-refractivity contribution in [3.05, 3.63) is 52.5 Å². The number of amides is 2. The van der Waals surface area contributed by atoms with E-state index in [-0.39, 0.29) is 11.8 Å². The van der Waals surface area contributed by atoms with Gasteiger partial charge in [-0.15, -0.1) is 0 Å². The number of piperidine rings is 1. The Morgan fingerprint density at radius 2 is 2.07 bits per heavy atom. The average Bonchev–Trinajstić information content (AvgIpc) is 2.74. The molecule has 0 aromatic heterocycles. The second kappa shape index (κ2) is 10.3. The number of benzene rings is 2. The third-order valence-electron chi connectivity index (χ3n) is 4.92. The van der Waals surface area contributed by atoms with Crippen molar-refractivity contribution >= 4 is 29.1 Å². The molecule has 6 nitrogen and oxygen atoms in total. The second-order valence-corrected chi connectivity index (χ2v) is 7.67. The van der Waals surface area contributed by atoms with Crippen LogP contribution < -0.4 is 14.8 Å². The van der Waals surface area contributed by atoms with Crippen molar-refractivity contribution in [3.63, 3.8) is 0 Å². The Bertz CT molecular complexity index is 916. The molecule has 1 fully saturated rings. The largest absolute Gasteiger partial charge is 0.493 e. The number of nitrogens with zero attached hydrogens (tertiary/aromatic N) is 1. The van der Waals surface area contributed by atoms with Crippen LogP contribution in [-0.2, 0) is 11.3 Å². The van der Waals surface area contributed by atoms with Gasteiger partial charge in [-0.2, -0.15) is 0 Å². The van der Waals surface area contributed by atoms with E-state index in [0.29, 0.717) is 47.3 Å². The first-order valence-electron chi connectivity index (χ1n) is 10.2. The number of hydrogen-bond acceptors (Lipinski definition) is 4. The molecule has 3 rings (SSSR count). The molecule has 1 aliphatic rings. The number of ether oxygens (including phenoxy) is 2. The summed E-state index contributed by atoms with van der Waals surface area (Å²) in [6, 6.07) is 10.7. The third kappa shape index (κ3) is 5.45. The lowest BCUT2D eigenvalue weighted by Gasteiger charge is -2.26. The fraction of sp³-hybridized carbons (Fsp3) is 0.391. The van der Waals surface area contributed by atoms with Crippen molar-refractivity contribution < 1.29 is 19.1 Å². The zero-order chi connectivity index (χ0) is 21.5. The molecular weight excluding hydrogens is 404 g/mol. The standard InChI is InChI=1S/C23H27ClN2O4/c1-3-11-30-22-19(24)13-17(14-20(22)29-2)23(28)25-18-8-6-7-16(12-18)15-26-10-5-4-9-21(26)27/h6-8,12-14H,3-5,9-11,15H2,1-2H3,(H,25,28). The van der Waals surface area contributed by atoms with Gasteiger partial charge in [0.15, 0.2) is 11.5 Å². The first kappa shape index (κ1) is 22.0. The zero-order valence-corrected chi connectivity index (χ0v) is 18.1. The van der Waals surface area contributed by atoms with E-state index < -0.39 is 0 Å². The van der Waals surface area contributed by atoms with E-state index in [2.05, 4.69) is 5.32 Å². The molecule has 2 aromatic carbocycles. The summed E-state index contributed by atoms with van der Waals surface area (Å²) in [6.07, 6.45) is 3.43. The molecule has 1 N–H and O–H groups in total. The maximum absolute atomic E-state index is 12.8. The van der Waals surface area contributed by atoms with Crippen LogP contribution in [0.15, 0.2) is 36.4 Å². The van der Waals surface area contributed by atoms with Crippen LogP contribution in [0.4, 0.5) is 5.69 Å². The molecule has 0 unspecified atom stereocenters. The smallest absolute Gasteiger partial charge is 0.255 e. The molecule has 0 saturated carbocycles. The zero-order valence-electron chi connectivity index (χ0n) is 17.4. The van der Waals surface area contributed by atoms with Crippen molar-refractivity contribution in [3.8, 4) is 11.5 Å². The van der Waals surface area contributed by atoms with Gasteiger partial charge >= 0.3 is 0 Å². The SMILES string of the molecule is CCCOc1c(Cl)cc(C(=O)Nc2cccc(CN3CCCCC3=O)c2)cc1OC. The number of carbonyl (C=O) groups is 2. The van der Waals surface area contributed by atoms with Crippen LogP contribution in [0.1, 0.15) is 48.5 Å². The van der Waals surface area contributed by atoms with Crippen LogP contribution in [0.5, 0.6) is 11.5 Å². The molecule has 1 aliphatic heterocycles. The summed E-state index contributed by atoms with van der Waals surface area (Å²) in [5, 5.41) is 3.22. The highest BCUT2D eigenvalue weighted by Gasteiger charge is 2.19. The quantitative estimate of drug-likeness (QED) is 0.646. The summed E-state index contributed by atoms with van der Waals surface area (Å²) >= 11 is 6.32. The number of hydrogen-bond donors (Lipinski definition) is 1. The third-order valence-corrected chi connectivity index (χ3v) is 5.20. The van der Waals surface area contributed by atoms with Crippen molar-refractivity contribution in [2.75, 3.05) is 25.6 Å². The summed E-state index contributed by atoms with van der Waals surface area (Å²) < 4.78 is 11.0. The van der Waals surface area contributed by atoms with Crippen LogP contribution in [0.3, 0.4) is 0 Å². The minimum atomic E-state index is -0.302. The monoisotopic (exact) mass is 430 g/mol. The average molecular weight is 431 g/mol. The fourth-order valence-corrected chi connectivity index (χ4v) is 3.66. The minimum Gasteiger partial charge on any atom is -0.493 e. The van der Waals surface area contributed by atoms with Gasteiger partial charge in [0.25, 0.3) is 5.91 Å². The van der Waals surface area contributed by atoms with E-state index >= 15 is 0 Å². The Balaban J connectivity index is 1.72. The van der Waals surface area contributed by atoms with E-state index in [1.165, 1.54) is 7.11 Å². The van der Waals surface area contributed by atoms with E-state index in [0.717, 1.165) is 31.4 Å². The maximum atomic E-state index is 12.8. The number of likely N-dealkylation sites (tertiary alicyclic amines) is 1. The molecule has 2 aromatic rings. The lowest BCUT2D eigenvalue weighted by Crippen LogP contribution is -2.34. The predicted octanol–water partition coefficient (Wildman–Crippen LogP) is 4.90. The highest BCUT2D eigenvalue weighted by molar-refractivity contribution is 6.32. The lowest BCUT2D eigenvalue weighted by atomic mass is 10.1. The molecule has 0 radical (unpaired) electrons. The number of carbonyl (C=O) groups excluding carboxylic acids is 2. The lowest BCUT2D eigenvalue weighted by molar-refractivity contribution is -0.133. The number of halogens is 1. The van der Waals surface area contributed by atoms with Crippen LogP contribution >= 0.6 is 11.6 Å². The van der Waals surface area contributed by atoms with Gasteiger partial charge in [0, 0.05) is 30.8 Å². The summed E-state index contributed by atoms with van der Waals surface area (Å²) in [5.41, 5.74) is 2.00. The molecule has 7 heteroatoms. The molecule has 30 heavy (non-hydrogen) atoms. The van der Waals surface area contributed by atoms with Crippen LogP contribution in [0.25, 0.3) is 0 Å². The molecule has 0 bridgehead atoms.